The summed E-state index contributed by atoms with van der Waals surface area (Å²) < 4.78 is 27.0. The van der Waals surface area contributed by atoms with E-state index in [1.54, 1.807) is 30.0 Å². The first-order valence-electron chi connectivity index (χ1n) is 7.64. The molecule has 1 fully saturated rings. The van der Waals surface area contributed by atoms with Gasteiger partial charge in [-0.3, -0.25) is 0 Å². The summed E-state index contributed by atoms with van der Waals surface area (Å²) in [4.78, 5) is 14.2. The Kier molecular flexibility index (Phi) is 4.28. The summed E-state index contributed by atoms with van der Waals surface area (Å²) in [6.45, 7) is 2.27. The third kappa shape index (κ3) is 3.33. The van der Waals surface area contributed by atoms with Crippen LogP contribution >= 0.6 is 0 Å². The van der Waals surface area contributed by atoms with Crippen LogP contribution in [0.15, 0.2) is 42.5 Å². The smallest absolute Gasteiger partial charge is 0.317 e. The fourth-order valence-corrected chi connectivity index (χ4v) is 2.94. The number of anilines is 1. The second-order valence-electron chi connectivity index (χ2n) is 5.80. The molecule has 2 aromatic carbocycles. The number of rotatable bonds is 2. The third-order valence-electron chi connectivity index (χ3n) is 4.17. The molecule has 0 radical (unpaired) electrons. The molecule has 1 atom stereocenters. The molecule has 2 aromatic rings. The lowest BCUT2D eigenvalue weighted by atomic mass is 10.0. The van der Waals surface area contributed by atoms with Crippen molar-refractivity contribution in [2.45, 2.75) is 25.8 Å². The van der Waals surface area contributed by atoms with Gasteiger partial charge in [0.15, 0.2) is 0 Å². The van der Waals surface area contributed by atoms with Gasteiger partial charge >= 0.3 is 6.03 Å². The van der Waals surface area contributed by atoms with Crippen LogP contribution in [-0.4, -0.2) is 17.5 Å². The fraction of sp³-hybridized carbons (Fsp3) is 0.278. The molecule has 0 saturated carbocycles. The summed E-state index contributed by atoms with van der Waals surface area (Å²) in [5.74, 6) is -0.665. The molecule has 0 aliphatic carbocycles. The van der Waals surface area contributed by atoms with E-state index in [2.05, 4.69) is 5.32 Å². The number of carbonyl (C=O) groups is 1. The minimum atomic E-state index is -0.356. The number of amides is 2. The molecule has 120 valence electrons. The molecule has 0 unspecified atom stereocenters. The van der Waals surface area contributed by atoms with Crippen molar-refractivity contribution in [1.29, 1.82) is 0 Å². The number of likely N-dealkylation sites (tertiary alicyclic amines) is 1. The lowest BCUT2D eigenvalue weighted by Crippen LogP contribution is -2.34. The van der Waals surface area contributed by atoms with Crippen molar-refractivity contribution in [2.75, 3.05) is 11.9 Å². The van der Waals surface area contributed by atoms with Gasteiger partial charge < -0.3 is 10.2 Å². The maximum Gasteiger partial charge on any atom is 0.322 e. The molecule has 23 heavy (non-hydrogen) atoms. The Morgan fingerprint density at radius 2 is 2.04 bits per heavy atom. The number of nitrogens with one attached hydrogen (secondary N) is 1. The highest BCUT2D eigenvalue weighted by Crippen LogP contribution is 2.32. The highest BCUT2D eigenvalue weighted by Gasteiger charge is 2.30. The van der Waals surface area contributed by atoms with E-state index in [0.717, 1.165) is 18.4 Å². The largest absolute Gasteiger partial charge is 0.322 e. The van der Waals surface area contributed by atoms with Crippen LogP contribution in [0.25, 0.3) is 0 Å². The van der Waals surface area contributed by atoms with Gasteiger partial charge in [0.2, 0.25) is 0 Å². The van der Waals surface area contributed by atoms with E-state index < -0.39 is 0 Å². The van der Waals surface area contributed by atoms with Crippen molar-refractivity contribution in [3.8, 4) is 0 Å². The third-order valence-corrected chi connectivity index (χ3v) is 4.17. The zero-order chi connectivity index (χ0) is 16.4. The van der Waals surface area contributed by atoms with Gasteiger partial charge in [0.25, 0.3) is 0 Å². The minimum absolute atomic E-state index is 0.152. The molecule has 3 rings (SSSR count). The van der Waals surface area contributed by atoms with Crippen LogP contribution in [0.1, 0.15) is 30.0 Å². The zero-order valence-electron chi connectivity index (χ0n) is 12.9. The first-order valence-corrected chi connectivity index (χ1v) is 7.64. The molecule has 3 nitrogen and oxygen atoms in total. The zero-order valence-corrected chi connectivity index (χ0v) is 12.9. The van der Waals surface area contributed by atoms with Crippen molar-refractivity contribution in [2.24, 2.45) is 0 Å². The van der Waals surface area contributed by atoms with Crippen LogP contribution in [0.3, 0.4) is 0 Å². The van der Waals surface area contributed by atoms with Crippen molar-refractivity contribution >= 4 is 11.7 Å². The molecule has 2 amide bonds. The van der Waals surface area contributed by atoms with Gasteiger partial charge in [0.05, 0.1) is 6.04 Å². The molecular weight excluding hydrogens is 298 g/mol. The quantitative estimate of drug-likeness (QED) is 0.860. The second kappa shape index (κ2) is 6.36. The Labute approximate surface area is 133 Å². The number of benzene rings is 2. The van der Waals surface area contributed by atoms with Gasteiger partial charge in [-0.1, -0.05) is 18.2 Å². The van der Waals surface area contributed by atoms with Crippen molar-refractivity contribution in [3.05, 3.63) is 65.2 Å². The molecule has 1 aliphatic heterocycles. The Morgan fingerprint density at radius 3 is 2.78 bits per heavy atom. The van der Waals surface area contributed by atoms with Crippen molar-refractivity contribution < 1.29 is 13.6 Å². The summed E-state index contributed by atoms with van der Waals surface area (Å²) in [5, 5.41) is 2.72. The van der Waals surface area contributed by atoms with Gasteiger partial charge in [0, 0.05) is 12.2 Å². The van der Waals surface area contributed by atoms with Gasteiger partial charge in [-0.15, -0.1) is 0 Å². The monoisotopic (exact) mass is 316 g/mol. The molecule has 5 heteroatoms. The van der Waals surface area contributed by atoms with E-state index in [1.165, 1.54) is 18.2 Å². The van der Waals surface area contributed by atoms with E-state index in [0.29, 0.717) is 17.8 Å². The predicted octanol–water partition coefficient (Wildman–Crippen LogP) is 4.64. The summed E-state index contributed by atoms with van der Waals surface area (Å²) in [7, 11) is 0. The maximum absolute atomic E-state index is 13.6. The van der Waals surface area contributed by atoms with E-state index in [1.807, 2.05) is 6.07 Å². The normalized spacial score (nSPS) is 17.3. The first kappa shape index (κ1) is 15.5. The molecule has 1 N–H and O–H groups in total. The Morgan fingerprint density at radius 1 is 1.22 bits per heavy atom. The number of urea groups is 1. The van der Waals surface area contributed by atoms with Crippen LogP contribution in [0.5, 0.6) is 0 Å². The maximum atomic E-state index is 13.6. The number of carbonyl (C=O) groups excluding carboxylic acids is 1. The minimum Gasteiger partial charge on any atom is -0.317 e. The molecule has 0 aromatic heterocycles. The SMILES string of the molecule is Cc1ccc(NC(=O)N2CCC[C@H]2c2cccc(F)c2)cc1F. The molecule has 1 heterocycles. The molecule has 0 spiro atoms. The number of aryl methyl sites for hydroxylation is 1. The van der Waals surface area contributed by atoms with Gasteiger partial charge in [-0.25, -0.2) is 13.6 Å². The van der Waals surface area contributed by atoms with Crippen molar-refractivity contribution in [1.82, 2.24) is 4.90 Å². The second-order valence-corrected chi connectivity index (χ2v) is 5.80. The molecule has 1 aliphatic rings. The van der Waals surface area contributed by atoms with Crippen LogP contribution < -0.4 is 5.32 Å². The van der Waals surface area contributed by atoms with E-state index in [4.69, 9.17) is 0 Å². The van der Waals surface area contributed by atoms with Gasteiger partial charge in [0.1, 0.15) is 11.6 Å². The topological polar surface area (TPSA) is 32.3 Å². The van der Waals surface area contributed by atoms with Crippen LogP contribution in [0, 0.1) is 18.6 Å². The average Bonchev–Trinajstić information content (AvgIpc) is 3.00. The van der Waals surface area contributed by atoms with E-state index >= 15 is 0 Å². The fourth-order valence-electron chi connectivity index (χ4n) is 2.94. The van der Waals surface area contributed by atoms with E-state index in [9.17, 15) is 13.6 Å². The Hall–Kier alpha value is -2.43. The highest BCUT2D eigenvalue weighted by atomic mass is 19.1. The summed E-state index contributed by atoms with van der Waals surface area (Å²) in [5.41, 5.74) is 1.73. The number of halogens is 2. The lowest BCUT2D eigenvalue weighted by Gasteiger charge is -2.25. The molecular formula is C18H18F2N2O. The average molecular weight is 316 g/mol. The van der Waals surface area contributed by atoms with Crippen LogP contribution in [0.2, 0.25) is 0 Å². The molecule has 1 saturated heterocycles. The number of nitrogens with zero attached hydrogens (tertiary/aromatic N) is 1. The predicted molar refractivity (Wildman–Crippen MR) is 85.2 cm³/mol. The van der Waals surface area contributed by atoms with Crippen LogP contribution in [0.4, 0.5) is 19.3 Å². The van der Waals surface area contributed by atoms with Gasteiger partial charge in [-0.05, 0) is 55.2 Å². The summed E-state index contributed by atoms with van der Waals surface area (Å²) >= 11 is 0. The van der Waals surface area contributed by atoms with Gasteiger partial charge in [-0.2, -0.15) is 0 Å². The standard InChI is InChI=1S/C18H18F2N2O/c1-12-7-8-15(11-16(12)20)21-18(23)22-9-3-6-17(22)13-4-2-5-14(19)10-13/h2,4-5,7-8,10-11,17H,3,6,9H2,1H3,(H,21,23)/t17-/m0/s1. The van der Waals surface area contributed by atoms with Crippen LogP contribution in [-0.2, 0) is 0 Å². The first-order chi connectivity index (χ1) is 11.0. The Balaban J connectivity index is 1.76. The highest BCUT2D eigenvalue weighted by molar-refractivity contribution is 5.89. The van der Waals surface area contributed by atoms with E-state index in [-0.39, 0.29) is 23.7 Å². The molecule has 0 bridgehead atoms. The lowest BCUT2D eigenvalue weighted by molar-refractivity contribution is 0.207. The number of hydrogen-bond acceptors (Lipinski definition) is 1. The number of hydrogen-bond donors (Lipinski definition) is 1. The summed E-state index contributed by atoms with van der Waals surface area (Å²) in [6.07, 6.45) is 1.65. The Bertz CT molecular complexity index is 733. The van der Waals surface area contributed by atoms with Crippen molar-refractivity contribution in [3.63, 3.8) is 0 Å². The summed E-state index contributed by atoms with van der Waals surface area (Å²) in [6, 6.07) is 10.5.